The lowest BCUT2D eigenvalue weighted by Gasteiger charge is -2.10. The minimum absolute atomic E-state index is 0.210. The van der Waals surface area contributed by atoms with Gasteiger partial charge in [0.1, 0.15) is 0 Å². The highest BCUT2D eigenvalue weighted by molar-refractivity contribution is 7.99. The Bertz CT molecular complexity index is 294. The Hall–Kier alpha value is -0.710. The third-order valence-electron chi connectivity index (χ3n) is 2.02. The molecule has 0 aliphatic carbocycles. The number of rotatable bonds is 6. The second-order valence-electron chi connectivity index (χ2n) is 3.34. The van der Waals surface area contributed by atoms with Crippen LogP contribution in [0.15, 0.2) is 24.3 Å². The van der Waals surface area contributed by atoms with E-state index in [-0.39, 0.29) is 6.61 Å². The van der Waals surface area contributed by atoms with Crippen molar-refractivity contribution < 1.29 is 10.2 Å². The second-order valence-corrected chi connectivity index (χ2v) is 4.49. The molecule has 1 aromatic carbocycles. The monoisotopic (exact) mass is 227 g/mol. The molecule has 1 aromatic rings. The Morgan fingerprint density at radius 3 is 2.87 bits per heavy atom. The quantitative estimate of drug-likeness (QED) is 0.508. The van der Waals surface area contributed by atoms with E-state index < -0.39 is 6.10 Å². The fourth-order valence-electron chi connectivity index (χ4n) is 1.22. The van der Waals surface area contributed by atoms with Crippen LogP contribution in [0.2, 0.25) is 0 Å². The van der Waals surface area contributed by atoms with Crippen molar-refractivity contribution in [2.45, 2.75) is 12.5 Å². The Morgan fingerprint density at radius 1 is 1.40 bits per heavy atom. The van der Waals surface area contributed by atoms with Crippen LogP contribution < -0.4 is 5.73 Å². The third kappa shape index (κ3) is 4.55. The molecule has 0 aliphatic rings. The van der Waals surface area contributed by atoms with Crippen LogP contribution in [-0.4, -0.2) is 28.3 Å². The Balaban J connectivity index is 2.36. The molecule has 0 aliphatic heterocycles. The summed E-state index contributed by atoms with van der Waals surface area (Å²) in [6.45, 7) is 0.210. The van der Waals surface area contributed by atoms with Crippen molar-refractivity contribution >= 4 is 17.4 Å². The molecule has 84 valence electrons. The zero-order valence-electron chi connectivity index (χ0n) is 8.60. The lowest BCUT2D eigenvalue weighted by Crippen LogP contribution is -2.02. The number of anilines is 1. The largest absolute Gasteiger partial charge is 0.399 e. The molecule has 3 nitrogen and oxygen atoms in total. The molecule has 15 heavy (non-hydrogen) atoms. The van der Waals surface area contributed by atoms with E-state index in [9.17, 15) is 5.11 Å². The first-order valence-corrected chi connectivity index (χ1v) is 6.11. The average Bonchev–Trinajstić information content (AvgIpc) is 2.24. The predicted octanol–water partition coefficient (Wildman–Crippen LogP) is 1.42. The van der Waals surface area contributed by atoms with Gasteiger partial charge in [0.2, 0.25) is 0 Å². The number of aliphatic hydroxyl groups is 2. The van der Waals surface area contributed by atoms with Gasteiger partial charge >= 0.3 is 0 Å². The van der Waals surface area contributed by atoms with E-state index in [4.69, 9.17) is 10.8 Å². The topological polar surface area (TPSA) is 66.5 Å². The van der Waals surface area contributed by atoms with Crippen LogP contribution in [0, 0.1) is 0 Å². The maximum absolute atomic E-state index is 9.81. The maximum atomic E-state index is 9.81. The van der Waals surface area contributed by atoms with Crippen molar-refractivity contribution in [1.29, 1.82) is 0 Å². The fourth-order valence-corrected chi connectivity index (χ4v) is 2.14. The number of hydrogen-bond donors (Lipinski definition) is 3. The van der Waals surface area contributed by atoms with Gasteiger partial charge in [-0.05, 0) is 29.9 Å². The van der Waals surface area contributed by atoms with Gasteiger partial charge in [-0.25, -0.2) is 0 Å². The van der Waals surface area contributed by atoms with E-state index in [0.717, 1.165) is 17.7 Å². The Labute approximate surface area is 94.3 Å². The standard InChI is InChI=1S/C11H17NO2S/c12-10-4-1-3-9(7-10)11(14)8-15-6-2-5-13/h1,3-4,7,11,13-14H,2,5-6,8,12H2. The molecule has 0 radical (unpaired) electrons. The van der Waals surface area contributed by atoms with Crippen molar-refractivity contribution in [3.8, 4) is 0 Å². The van der Waals surface area contributed by atoms with Gasteiger partial charge in [-0.1, -0.05) is 12.1 Å². The summed E-state index contributed by atoms with van der Waals surface area (Å²) >= 11 is 1.64. The van der Waals surface area contributed by atoms with Crippen LogP contribution in [0.1, 0.15) is 18.1 Å². The normalized spacial score (nSPS) is 12.7. The summed E-state index contributed by atoms with van der Waals surface area (Å²) in [5, 5.41) is 18.4. The number of aliphatic hydroxyl groups excluding tert-OH is 2. The van der Waals surface area contributed by atoms with Crippen LogP contribution in [0.25, 0.3) is 0 Å². The maximum Gasteiger partial charge on any atom is 0.0881 e. The highest BCUT2D eigenvalue weighted by atomic mass is 32.2. The molecule has 0 bridgehead atoms. The van der Waals surface area contributed by atoms with Crippen LogP contribution in [0.5, 0.6) is 0 Å². The lowest BCUT2D eigenvalue weighted by molar-refractivity contribution is 0.204. The highest BCUT2D eigenvalue weighted by Crippen LogP contribution is 2.20. The smallest absolute Gasteiger partial charge is 0.0881 e. The SMILES string of the molecule is Nc1cccc(C(O)CSCCCO)c1. The first kappa shape index (κ1) is 12.4. The van der Waals surface area contributed by atoms with Gasteiger partial charge in [0, 0.05) is 18.0 Å². The summed E-state index contributed by atoms with van der Waals surface area (Å²) in [6, 6.07) is 7.30. The first-order valence-electron chi connectivity index (χ1n) is 4.96. The molecule has 0 spiro atoms. The van der Waals surface area contributed by atoms with Gasteiger partial charge in [0.15, 0.2) is 0 Å². The number of benzene rings is 1. The molecule has 0 saturated carbocycles. The Kier molecular flexibility index (Phi) is 5.53. The van der Waals surface area contributed by atoms with Crippen molar-refractivity contribution in [3.05, 3.63) is 29.8 Å². The van der Waals surface area contributed by atoms with Crippen molar-refractivity contribution in [2.24, 2.45) is 0 Å². The molecule has 0 fully saturated rings. The van der Waals surface area contributed by atoms with Crippen molar-refractivity contribution in [3.63, 3.8) is 0 Å². The van der Waals surface area contributed by atoms with Crippen LogP contribution in [0.3, 0.4) is 0 Å². The first-order chi connectivity index (χ1) is 7.24. The molecule has 4 N–H and O–H groups in total. The third-order valence-corrected chi connectivity index (χ3v) is 3.15. The zero-order valence-corrected chi connectivity index (χ0v) is 9.41. The van der Waals surface area contributed by atoms with Crippen LogP contribution in [0.4, 0.5) is 5.69 Å². The van der Waals surface area contributed by atoms with E-state index in [0.29, 0.717) is 11.4 Å². The van der Waals surface area contributed by atoms with Gasteiger partial charge in [-0.15, -0.1) is 0 Å². The van der Waals surface area contributed by atoms with Crippen molar-refractivity contribution in [1.82, 2.24) is 0 Å². The van der Waals surface area contributed by atoms with Gasteiger partial charge in [0.25, 0.3) is 0 Å². The molecule has 4 heteroatoms. The van der Waals surface area contributed by atoms with E-state index in [2.05, 4.69) is 0 Å². The minimum Gasteiger partial charge on any atom is -0.399 e. The highest BCUT2D eigenvalue weighted by Gasteiger charge is 2.07. The molecular formula is C11H17NO2S. The van der Waals surface area contributed by atoms with Gasteiger partial charge in [-0.3, -0.25) is 0 Å². The number of hydrogen-bond acceptors (Lipinski definition) is 4. The summed E-state index contributed by atoms with van der Waals surface area (Å²) in [6.07, 6.45) is 0.297. The fraction of sp³-hybridized carbons (Fsp3) is 0.455. The second kappa shape index (κ2) is 6.71. The average molecular weight is 227 g/mol. The van der Waals surface area contributed by atoms with Crippen LogP contribution >= 0.6 is 11.8 Å². The predicted molar refractivity (Wildman–Crippen MR) is 64.8 cm³/mol. The number of thioether (sulfide) groups is 1. The number of nitrogens with two attached hydrogens (primary N) is 1. The summed E-state index contributed by atoms with van der Waals surface area (Å²) in [5.74, 6) is 1.51. The molecule has 0 heterocycles. The molecular weight excluding hydrogens is 210 g/mol. The minimum atomic E-state index is -0.475. The molecule has 0 saturated heterocycles. The summed E-state index contributed by atoms with van der Waals surface area (Å²) < 4.78 is 0. The van der Waals surface area contributed by atoms with Gasteiger partial charge < -0.3 is 15.9 Å². The van der Waals surface area contributed by atoms with Crippen LogP contribution in [-0.2, 0) is 0 Å². The van der Waals surface area contributed by atoms with Crippen molar-refractivity contribution in [2.75, 3.05) is 23.8 Å². The van der Waals surface area contributed by atoms with Gasteiger partial charge in [0.05, 0.1) is 6.10 Å². The molecule has 1 rings (SSSR count). The molecule has 1 unspecified atom stereocenters. The van der Waals surface area contributed by atoms with E-state index >= 15 is 0 Å². The molecule has 0 aromatic heterocycles. The lowest BCUT2D eigenvalue weighted by atomic mass is 10.1. The van der Waals surface area contributed by atoms with E-state index in [1.807, 2.05) is 12.1 Å². The summed E-state index contributed by atoms with van der Waals surface area (Å²) in [5.41, 5.74) is 7.15. The Morgan fingerprint density at radius 2 is 2.20 bits per heavy atom. The molecule has 0 amide bonds. The number of nitrogen functional groups attached to an aromatic ring is 1. The molecule has 1 atom stereocenters. The van der Waals surface area contributed by atoms with Gasteiger partial charge in [-0.2, -0.15) is 11.8 Å². The van der Waals surface area contributed by atoms with E-state index in [1.54, 1.807) is 23.9 Å². The van der Waals surface area contributed by atoms with E-state index in [1.165, 1.54) is 0 Å². The zero-order chi connectivity index (χ0) is 11.1. The summed E-state index contributed by atoms with van der Waals surface area (Å²) in [7, 11) is 0. The summed E-state index contributed by atoms with van der Waals surface area (Å²) in [4.78, 5) is 0.